The Hall–Kier alpha value is -3.74. The van der Waals surface area contributed by atoms with Crippen molar-refractivity contribution in [2.75, 3.05) is 0 Å². The lowest BCUT2D eigenvalue weighted by Crippen LogP contribution is -2.08. The highest BCUT2D eigenvalue weighted by Gasteiger charge is 2.21. The van der Waals surface area contributed by atoms with Gasteiger partial charge in [-0.1, -0.05) is 23.4 Å². The van der Waals surface area contributed by atoms with Gasteiger partial charge in [0.05, 0.1) is 0 Å². The van der Waals surface area contributed by atoms with Crippen molar-refractivity contribution >= 4 is 5.97 Å². The largest absolute Gasteiger partial charge is 0.454 e. The van der Waals surface area contributed by atoms with E-state index in [1.165, 1.54) is 12.1 Å². The van der Waals surface area contributed by atoms with Gasteiger partial charge in [0.1, 0.15) is 23.9 Å². The topological polar surface area (TPSA) is 78.4 Å². The average Bonchev–Trinajstić information content (AvgIpc) is 3.30. The highest BCUT2D eigenvalue weighted by Crippen LogP contribution is 2.27. The third kappa shape index (κ3) is 3.80. The van der Waals surface area contributed by atoms with Crippen LogP contribution in [0.4, 0.5) is 4.39 Å². The minimum absolute atomic E-state index is 0.0810. The Morgan fingerprint density at radius 3 is 2.48 bits per heavy atom. The highest BCUT2D eigenvalue weighted by molar-refractivity contribution is 5.88. The zero-order valence-corrected chi connectivity index (χ0v) is 15.8. The Balaban J connectivity index is 1.48. The van der Waals surface area contributed by atoms with E-state index >= 15 is 0 Å². The minimum Gasteiger partial charge on any atom is -0.454 e. The number of aromatic nitrogens is 2. The summed E-state index contributed by atoms with van der Waals surface area (Å²) < 4.78 is 29.4. The minimum atomic E-state index is -0.612. The lowest BCUT2D eigenvalue weighted by atomic mass is 10.1. The van der Waals surface area contributed by atoms with Gasteiger partial charge in [-0.2, -0.15) is 0 Å². The van der Waals surface area contributed by atoms with Crippen molar-refractivity contribution in [1.29, 1.82) is 0 Å². The van der Waals surface area contributed by atoms with Crippen molar-refractivity contribution in [2.24, 2.45) is 0 Å². The number of benzene rings is 2. The molecule has 0 fully saturated rings. The van der Waals surface area contributed by atoms with Crippen molar-refractivity contribution < 1.29 is 22.9 Å². The Morgan fingerprint density at radius 1 is 1.03 bits per heavy atom. The van der Waals surface area contributed by atoms with E-state index in [0.717, 1.165) is 5.56 Å². The average molecular weight is 392 g/mol. The van der Waals surface area contributed by atoms with E-state index in [2.05, 4.69) is 10.1 Å². The van der Waals surface area contributed by atoms with Crippen molar-refractivity contribution in [1.82, 2.24) is 10.1 Å². The van der Waals surface area contributed by atoms with Gasteiger partial charge in [0.15, 0.2) is 11.5 Å². The molecule has 2 heterocycles. The number of carbonyl (C=O) groups is 1. The highest BCUT2D eigenvalue weighted by atomic mass is 19.1. The maximum absolute atomic E-state index is 13.1. The van der Waals surface area contributed by atoms with Crippen molar-refractivity contribution in [3.05, 3.63) is 83.1 Å². The number of aryl methyl sites for hydroxylation is 1. The molecule has 7 heteroatoms. The van der Waals surface area contributed by atoms with E-state index in [0.29, 0.717) is 34.2 Å². The molecule has 0 saturated carbocycles. The second kappa shape index (κ2) is 7.71. The van der Waals surface area contributed by atoms with Crippen LogP contribution in [0.3, 0.4) is 0 Å². The van der Waals surface area contributed by atoms with Crippen LogP contribution >= 0.6 is 0 Å². The van der Waals surface area contributed by atoms with Crippen molar-refractivity contribution in [2.45, 2.75) is 20.5 Å². The number of esters is 1. The smallest absolute Gasteiger partial charge is 0.361 e. The van der Waals surface area contributed by atoms with Gasteiger partial charge in [-0.15, -0.1) is 0 Å². The zero-order valence-electron chi connectivity index (χ0n) is 15.8. The Morgan fingerprint density at radius 2 is 1.76 bits per heavy atom. The normalized spacial score (nSPS) is 10.9. The molecule has 0 atom stereocenters. The molecule has 29 heavy (non-hydrogen) atoms. The van der Waals surface area contributed by atoms with Crippen LogP contribution < -0.4 is 0 Å². The van der Waals surface area contributed by atoms with Crippen LogP contribution in [0.1, 0.15) is 27.5 Å². The number of hydrogen-bond acceptors (Lipinski definition) is 6. The fraction of sp³-hybridized carbons (Fsp3) is 0.136. The number of carbonyl (C=O) groups excluding carboxylic acids is 1. The maximum Gasteiger partial charge on any atom is 0.361 e. The van der Waals surface area contributed by atoms with Crippen molar-refractivity contribution in [3.63, 3.8) is 0 Å². The molecule has 0 unspecified atom stereocenters. The fourth-order valence-electron chi connectivity index (χ4n) is 2.87. The second-order valence-corrected chi connectivity index (χ2v) is 6.46. The summed E-state index contributed by atoms with van der Waals surface area (Å²) in [5.74, 6) is 0.279. The first-order valence-corrected chi connectivity index (χ1v) is 8.94. The Kier molecular flexibility index (Phi) is 4.95. The number of rotatable bonds is 5. The van der Waals surface area contributed by atoms with Gasteiger partial charge in [-0.3, -0.25) is 0 Å². The van der Waals surface area contributed by atoms with Crippen LogP contribution in [-0.2, 0) is 11.3 Å². The lowest BCUT2D eigenvalue weighted by molar-refractivity contribution is 0.0455. The molecule has 0 aliphatic carbocycles. The van der Waals surface area contributed by atoms with Gasteiger partial charge in [0, 0.05) is 16.7 Å². The molecule has 0 radical (unpaired) electrons. The summed E-state index contributed by atoms with van der Waals surface area (Å²) in [5.41, 5.74) is 2.76. The molecule has 146 valence electrons. The van der Waals surface area contributed by atoms with E-state index in [9.17, 15) is 9.18 Å². The Labute approximate surface area is 165 Å². The van der Waals surface area contributed by atoms with E-state index in [1.807, 2.05) is 30.3 Å². The van der Waals surface area contributed by atoms with Gasteiger partial charge in [-0.05, 0) is 50.2 Å². The SMILES string of the molecule is Cc1oc(-c2ccccc2)nc1C(=O)OCc1noc(-c2ccc(F)cc2)c1C. The quantitative estimate of drug-likeness (QED) is 0.439. The summed E-state index contributed by atoms with van der Waals surface area (Å²) in [6.07, 6.45) is 0. The molecular formula is C22H17FN2O4. The standard InChI is InChI=1S/C22H17FN2O4/c1-13-18(25-29-20(13)15-8-10-17(23)11-9-15)12-27-22(26)19-14(2)28-21(24-19)16-6-4-3-5-7-16/h3-11H,12H2,1-2H3. The number of ether oxygens (including phenoxy) is 1. The van der Waals surface area contributed by atoms with E-state index < -0.39 is 5.97 Å². The molecule has 2 aromatic carbocycles. The molecular weight excluding hydrogens is 375 g/mol. The number of oxazole rings is 1. The van der Waals surface area contributed by atoms with Crippen molar-refractivity contribution in [3.8, 4) is 22.8 Å². The van der Waals surface area contributed by atoms with Gasteiger partial charge in [0.2, 0.25) is 5.89 Å². The first-order valence-electron chi connectivity index (χ1n) is 8.94. The fourth-order valence-corrected chi connectivity index (χ4v) is 2.87. The predicted molar refractivity (Wildman–Crippen MR) is 102 cm³/mol. The van der Waals surface area contributed by atoms with Crippen LogP contribution in [0.15, 0.2) is 63.5 Å². The molecule has 0 amide bonds. The summed E-state index contributed by atoms with van der Waals surface area (Å²) in [6, 6.07) is 15.2. The van der Waals surface area contributed by atoms with Gasteiger partial charge < -0.3 is 13.7 Å². The van der Waals surface area contributed by atoms with E-state index in [-0.39, 0.29) is 18.1 Å². The van der Waals surface area contributed by atoms with Crippen LogP contribution in [0.2, 0.25) is 0 Å². The number of hydrogen-bond donors (Lipinski definition) is 0. The molecule has 0 bridgehead atoms. The Bertz CT molecular complexity index is 1150. The number of nitrogens with zero attached hydrogens (tertiary/aromatic N) is 2. The summed E-state index contributed by atoms with van der Waals surface area (Å²) in [4.78, 5) is 16.7. The molecule has 2 aromatic heterocycles. The van der Waals surface area contributed by atoms with Gasteiger partial charge >= 0.3 is 5.97 Å². The zero-order chi connectivity index (χ0) is 20.4. The van der Waals surface area contributed by atoms with E-state index in [1.54, 1.807) is 26.0 Å². The lowest BCUT2D eigenvalue weighted by Gasteiger charge is -2.01. The number of halogens is 1. The molecule has 0 saturated heterocycles. The van der Waals surface area contributed by atoms with Crippen LogP contribution in [-0.4, -0.2) is 16.1 Å². The van der Waals surface area contributed by atoms with E-state index in [4.69, 9.17) is 13.7 Å². The third-order valence-corrected chi connectivity index (χ3v) is 4.48. The third-order valence-electron chi connectivity index (χ3n) is 4.48. The first kappa shape index (κ1) is 18.6. The molecule has 0 spiro atoms. The molecule has 4 rings (SSSR count). The first-order chi connectivity index (χ1) is 14.0. The van der Waals surface area contributed by atoms with Crippen LogP contribution in [0.5, 0.6) is 0 Å². The molecule has 0 aliphatic heterocycles. The maximum atomic E-state index is 13.1. The van der Waals surface area contributed by atoms with Gasteiger partial charge in [0.25, 0.3) is 0 Å². The van der Waals surface area contributed by atoms with Crippen LogP contribution in [0.25, 0.3) is 22.8 Å². The summed E-state index contributed by atoms with van der Waals surface area (Å²) in [5, 5.41) is 3.97. The molecule has 4 aromatic rings. The summed E-state index contributed by atoms with van der Waals surface area (Å²) >= 11 is 0. The molecule has 6 nitrogen and oxygen atoms in total. The molecule has 0 aliphatic rings. The second-order valence-electron chi connectivity index (χ2n) is 6.46. The predicted octanol–water partition coefficient (Wildman–Crippen LogP) is 5.11. The van der Waals surface area contributed by atoms with Gasteiger partial charge in [-0.25, -0.2) is 14.2 Å². The van der Waals surface area contributed by atoms with Crippen LogP contribution in [0, 0.1) is 19.7 Å². The summed E-state index contributed by atoms with van der Waals surface area (Å²) in [6.45, 7) is 3.37. The monoisotopic (exact) mass is 392 g/mol. The summed E-state index contributed by atoms with van der Waals surface area (Å²) in [7, 11) is 0. The molecule has 0 N–H and O–H groups in total.